The molecule has 1 atom stereocenters. The Bertz CT molecular complexity index is 547. The Morgan fingerprint density at radius 2 is 2.05 bits per heavy atom. The third-order valence-electron chi connectivity index (χ3n) is 3.35. The Morgan fingerprint density at radius 1 is 1.26 bits per heavy atom. The predicted molar refractivity (Wildman–Crippen MR) is 83.2 cm³/mol. The van der Waals surface area contributed by atoms with Crippen molar-refractivity contribution in [1.82, 2.24) is 5.32 Å². The highest BCUT2D eigenvalue weighted by atomic mass is 79.9. The maximum Gasteiger partial charge on any atom is 0.134 e. The highest BCUT2D eigenvalue weighted by Crippen LogP contribution is 2.27. The molecule has 3 heteroatoms. The second kappa shape index (κ2) is 6.40. The number of hydrogen-bond donors (Lipinski definition) is 1. The van der Waals surface area contributed by atoms with Crippen molar-refractivity contribution in [3.8, 4) is 11.3 Å². The summed E-state index contributed by atoms with van der Waals surface area (Å²) in [5.41, 5.74) is 2.36. The van der Waals surface area contributed by atoms with Crippen LogP contribution >= 0.6 is 15.9 Å². The van der Waals surface area contributed by atoms with Crippen molar-refractivity contribution in [3.05, 3.63) is 46.1 Å². The molecule has 2 rings (SSSR count). The molecule has 102 valence electrons. The molecule has 0 aliphatic heterocycles. The lowest BCUT2D eigenvalue weighted by Crippen LogP contribution is -2.24. The number of hydrogen-bond acceptors (Lipinski definition) is 2. The van der Waals surface area contributed by atoms with Crippen molar-refractivity contribution in [1.29, 1.82) is 0 Å². The predicted octanol–water partition coefficient (Wildman–Crippen LogP) is 4.91. The van der Waals surface area contributed by atoms with Gasteiger partial charge in [0.2, 0.25) is 0 Å². The van der Waals surface area contributed by atoms with E-state index in [-0.39, 0.29) is 0 Å². The molecule has 0 aliphatic carbocycles. The van der Waals surface area contributed by atoms with Crippen molar-refractivity contribution in [2.45, 2.75) is 39.8 Å². The molecule has 0 saturated carbocycles. The van der Waals surface area contributed by atoms with Gasteiger partial charge in [-0.05, 0) is 56.2 Å². The molecule has 2 aromatic rings. The van der Waals surface area contributed by atoms with Crippen LogP contribution in [0.5, 0.6) is 0 Å². The van der Waals surface area contributed by atoms with Gasteiger partial charge in [0.25, 0.3) is 0 Å². The van der Waals surface area contributed by atoms with Gasteiger partial charge < -0.3 is 9.73 Å². The van der Waals surface area contributed by atoms with Crippen LogP contribution in [0.2, 0.25) is 0 Å². The highest BCUT2D eigenvalue weighted by Gasteiger charge is 2.08. The summed E-state index contributed by atoms with van der Waals surface area (Å²) in [5, 5.41) is 3.44. The number of furan rings is 1. The molecular weight excluding hydrogens is 302 g/mol. The summed E-state index contributed by atoms with van der Waals surface area (Å²) in [4.78, 5) is 0. The lowest BCUT2D eigenvalue weighted by Gasteiger charge is -2.09. The van der Waals surface area contributed by atoms with Crippen molar-refractivity contribution in [2.75, 3.05) is 0 Å². The van der Waals surface area contributed by atoms with Gasteiger partial charge in [0.05, 0.1) is 6.54 Å². The smallest absolute Gasteiger partial charge is 0.134 e. The first-order valence-electron chi connectivity index (χ1n) is 6.68. The largest absolute Gasteiger partial charge is 0.460 e. The number of aryl methyl sites for hydroxylation is 1. The minimum atomic E-state index is 0.517. The average molecular weight is 322 g/mol. The summed E-state index contributed by atoms with van der Waals surface area (Å²) in [6, 6.07) is 10.8. The van der Waals surface area contributed by atoms with E-state index in [0.29, 0.717) is 6.04 Å². The fraction of sp³-hybridized carbons (Fsp3) is 0.375. The molecule has 0 radical (unpaired) electrons. The average Bonchev–Trinajstić information content (AvgIpc) is 2.84. The molecule has 0 bridgehead atoms. The summed E-state index contributed by atoms with van der Waals surface area (Å²) in [7, 11) is 0. The standard InChI is InChI=1S/C16H20BrNO/c1-4-12(3)18-10-14-6-8-16(19-14)15-7-5-13(17)9-11(15)2/h5-9,12,18H,4,10H2,1-3H3. The monoisotopic (exact) mass is 321 g/mol. The Balaban J connectivity index is 2.12. The molecule has 1 aromatic heterocycles. The third kappa shape index (κ3) is 3.71. The van der Waals surface area contributed by atoms with E-state index in [0.717, 1.165) is 34.5 Å². The van der Waals surface area contributed by atoms with Gasteiger partial charge in [-0.15, -0.1) is 0 Å². The van der Waals surface area contributed by atoms with Crippen molar-refractivity contribution in [3.63, 3.8) is 0 Å². The van der Waals surface area contributed by atoms with E-state index in [4.69, 9.17) is 4.42 Å². The normalized spacial score (nSPS) is 12.6. The first kappa shape index (κ1) is 14.4. The van der Waals surface area contributed by atoms with Crippen LogP contribution in [0.15, 0.2) is 39.2 Å². The zero-order chi connectivity index (χ0) is 13.8. The van der Waals surface area contributed by atoms with E-state index in [1.807, 2.05) is 18.2 Å². The Kier molecular flexibility index (Phi) is 4.83. The summed E-state index contributed by atoms with van der Waals surface area (Å²) in [6.45, 7) is 7.24. The second-order valence-corrected chi connectivity index (χ2v) is 5.83. The van der Waals surface area contributed by atoms with Gasteiger partial charge >= 0.3 is 0 Å². The molecule has 1 aromatic carbocycles. The number of benzene rings is 1. The fourth-order valence-corrected chi connectivity index (χ4v) is 2.42. The van der Waals surface area contributed by atoms with Gasteiger partial charge in [0.1, 0.15) is 11.5 Å². The van der Waals surface area contributed by atoms with E-state index in [9.17, 15) is 0 Å². The first-order valence-corrected chi connectivity index (χ1v) is 7.48. The van der Waals surface area contributed by atoms with Gasteiger partial charge in [0, 0.05) is 16.1 Å². The van der Waals surface area contributed by atoms with Gasteiger partial charge in [-0.3, -0.25) is 0 Å². The summed E-state index contributed by atoms with van der Waals surface area (Å²) >= 11 is 3.48. The quantitative estimate of drug-likeness (QED) is 0.846. The van der Waals surface area contributed by atoms with Gasteiger partial charge in [0.15, 0.2) is 0 Å². The van der Waals surface area contributed by atoms with Gasteiger partial charge in [-0.2, -0.15) is 0 Å². The molecule has 1 unspecified atom stereocenters. The molecule has 0 aliphatic rings. The van der Waals surface area contributed by atoms with Crippen molar-refractivity contribution < 1.29 is 4.42 Å². The van der Waals surface area contributed by atoms with Crippen LogP contribution in [-0.2, 0) is 6.54 Å². The molecule has 0 saturated heterocycles. The summed E-state index contributed by atoms with van der Waals surface area (Å²) < 4.78 is 7.00. The SMILES string of the molecule is CCC(C)NCc1ccc(-c2ccc(Br)cc2C)o1. The van der Waals surface area contributed by atoms with E-state index in [1.54, 1.807) is 0 Å². The van der Waals surface area contributed by atoms with Crippen molar-refractivity contribution in [2.24, 2.45) is 0 Å². The molecule has 19 heavy (non-hydrogen) atoms. The van der Waals surface area contributed by atoms with Crippen LogP contribution < -0.4 is 5.32 Å². The topological polar surface area (TPSA) is 25.2 Å². The molecule has 0 spiro atoms. The Morgan fingerprint density at radius 3 is 2.74 bits per heavy atom. The minimum Gasteiger partial charge on any atom is -0.460 e. The highest BCUT2D eigenvalue weighted by molar-refractivity contribution is 9.10. The van der Waals surface area contributed by atoms with Crippen LogP contribution in [0.3, 0.4) is 0 Å². The van der Waals surface area contributed by atoms with E-state index in [2.05, 4.69) is 54.2 Å². The van der Waals surface area contributed by atoms with Crippen molar-refractivity contribution >= 4 is 15.9 Å². The minimum absolute atomic E-state index is 0.517. The molecule has 0 fully saturated rings. The number of halogens is 1. The maximum atomic E-state index is 5.91. The molecule has 2 nitrogen and oxygen atoms in total. The molecule has 0 amide bonds. The lowest BCUT2D eigenvalue weighted by molar-refractivity contribution is 0.456. The zero-order valence-corrected chi connectivity index (χ0v) is 13.3. The van der Waals surface area contributed by atoms with Gasteiger partial charge in [-0.1, -0.05) is 22.9 Å². The molecular formula is C16H20BrNO. The van der Waals surface area contributed by atoms with Crippen LogP contribution in [0.1, 0.15) is 31.6 Å². The fourth-order valence-electron chi connectivity index (χ4n) is 1.94. The van der Waals surface area contributed by atoms with Crippen LogP contribution in [0.4, 0.5) is 0 Å². The lowest BCUT2D eigenvalue weighted by atomic mass is 10.1. The zero-order valence-electron chi connectivity index (χ0n) is 11.7. The number of rotatable bonds is 5. The third-order valence-corrected chi connectivity index (χ3v) is 3.85. The van der Waals surface area contributed by atoms with Crippen LogP contribution in [0.25, 0.3) is 11.3 Å². The van der Waals surface area contributed by atoms with E-state index < -0.39 is 0 Å². The first-order chi connectivity index (χ1) is 9.10. The number of nitrogens with one attached hydrogen (secondary N) is 1. The van der Waals surface area contributed by atoms with E-state index in [1.165, 1.54) is 5.56 Å². The molecule has 1 heterocycles. The molecule has 1 N–H and O–H groups in total. The summed E-state index contributed by atoms with van der Waals surface area (Å²) in [5.74, 6) is 1.92. The van der Waals surface area contributed by atoms with Gasteiger partial charge in [-0.25, -0.2) is 0 Å². The summed E-state index contributed by atoms with van der Waals surface area (Å²) in [6.07, 6.45) is 1.12. The van der Waals surface area contributed by atoms with Crippen LogP contribution in [-0.4, -0.2) is 6.04 Å². The second-order valence-electron chi connectivity index (χ2n) is 4.92. The Hall–Kier alpha value is -1.06. The van der Waals surface area contributed by atoms with Crippen LogP contribution in [0, 0.1) is 6.92 Å². The Labute approximate surface area is 123 Å². The maximum absolute atomic E-state index is 5.91. The van der Waals surface area contributed by atoms with E-state index >= 15 is 0 Å².